The lowest BCUT2D eigenvalue weighted by Crippen LogP contribution is -2.30. The fourth-order valence-electron chi connectivity index (χ4n) is 1.74. The summed E-state index contributed by atoms with van der Waals surface area (Å²) in [7, 11) is 0. The lowest BCUT2D eigenvalue weighted by Gasteiger charge is -2.18. The SMILES string of the molecule is CCN(CC)C(=O)c1ccc(NC(=O)CCN)cc1.Cl. The highest BCUT2D eigenvalue weighted by molar-refractivity contribution is 5.95. The molecule has 1 aromatic carbocycles. The Morgan fingerprint density at radius 1 is 1.15 bits per heavy atom. The third kappa shape index (κ3) is 5.19. The van der Waals surface area contributed by atoms with Crippen LogP contribution < -0.4 is 11.1 Å². The van der Waals surface area contributed by atoms with Gasteiger partial charge in [0.05, 0.1) is 0 Å². The van der Waals surface area contributed by atoms with E-state index in [0.29, 0.717) is 37.3 Å². The van der Waals surface area contributed by atoms with Crippen LogP contribution in [0.3, 0.4) is 0 Å². The molecule has 5 nitrogen and oxygen atoms in total. The van der Waals surface area contributed by atoms with Crippen LogP contribution in [0.15, 0.2) is 24.3 Å². The van der Waals surface area contributed by atoms with Gasteiger partial charge in [0.2, 0.25) is 5.91 Å². The standard InChI is InChI=1S/C14H21N3O2.ClH/c1-3-17(4-2)14(19)11-5-7-12(8-6-11)16-13(18)9-10-15;/h5-8H,3-4,9-10,15H2,1-2H3,(H,16,18);1H. The normalized spacial score (nSPS) is 9.55. The number of carbonyl (C=O) groups excluding carboxylic acids is 2. The van der Waals surface area contributed by atoms with Gasteiger partial charge in [0.1, 0.15) is 0 Å². The molecule has 0 aliphatic carbocycles. The summed E-state index contributed by atoms with van der Waals surface area (Å²) in [5, 5.41) is 2.72. The van der Waals surface area contributed by atoms with Gasteiger partial charge in [0.25, 0.3) is 5.91 Å². The molecule has 6 heteroatoms. The molecule has 0 aliphatic rings. The number of nitrogens with one attached hydrogen (secondary N) is 1. The van der Waals surface area contributed by atoms with Crippen molar-refractivity contribution in [1.29, 1.82) is 0 Å². The molecule has 3 N–H and O–H groups in total. The Balaban J connectivity index is 0.00000361. The zero-order valence-electron chi connectivity index (χ0n) is 11.9. The molecule has 0 aliphatic heterocycles. The van der Waals surface area contributed by atoms with Gasteiger partial charge < -0.3 is 16.0 Å². The van der Waals surface area contributed by atoms with Crippen molar-refractivity contribution >= 4 is 29.9 Å². The van der Waals surface area contributed by atoms with Gasteiger partial charge >= 0.3 is 0 Å². The van der Waals surface area contributed by atoms with Crippen LogP contribution in [0.4, 0.5) is 5.69 Å². The lowest BCUT2D eigenvalue weighted by atomic mass is 10.1. The predicted molar refractivity (Wildman–Crippen MR) is 83.2 cm³/mol. The molecular formula is C14H22ClN3O2. The second-order valence-corrected chi connectivity index (χ2v) is 4.14. The van der Waals surface area contributed by atoms with E-state index in [1.165, 1.54) is 0 Å². The lowest BCUT2D eigenvalue weighted by molar-refractivity contribution is -0.116. The van der Waals surface area contributed by atoms with Gasteiger partial charge in [-0.1, -0.05) is 0 Å². The van der Waals surface area contributed by atoms with E-state index in [0.717, 1.165) is 0 Å². The van der Waals surface area contributed by atoms with E-state index in [1.807, 2.05) is 13.8 Å². The highest BCUT2D eigenvalue weighted by Gasteiger charge is 2.12. The third-order valence-electron chi connectivity index (χ3n) is 2.84. The van der Waals surface area contributed by atoms with Crippen molar-refractivity contribution in [2.45, 2.75) is 20.3 Å². The molecule has 0 unspecified atom stereocenters. The van der Waals surface area contributed by atoms with E-state index < -0.39 is 0 Å². The number of nitrogens with two attached hydrogens (primary N) is 1. The van der Waals surface area contributed by atoms with Gasteiger partial charge in [-0.05, 0) is 38.1 Å². The molecule has 0 fully saturated rings. The van der Waals surface area contributed by atoms with Gasteiger partial charge in [0, 0.05) is 37.3 Å². The predicted octanol–water partition coefficient (Wildman–Crippen LogP) is 1.88. The third-order valence-corrected chi connectivity index (χ3v) is 2.84. The maximum atomic E-state index is 12.1. The molecule has 2 amide bonds. The summed E-state index contributed by atoms with van der Waals surface area (Å²) >= 11 is 0. The summed E-state index contributed by atoms with van der Waals surface area (Å²) in [4.78, 5) is 25.2. The average Bonchev–Trinajstić information content (AvgIpc) is 2.41. The average molecular weight is 300 g/mol. The number of benzene rings is 1. The van der Waals surface area contributed by atoms with E-state index in [2.05, 4.69) is 5.32 Å². The Bertz CT molecular complexity index is 431. The fourth-order valence-corrected chi connectivity index (χ4v) is 1.74. The summed E-state index contributed by atoms with van der Waals surface area (Å²) < 4.78 is 0. The summed E-state index contributed by atoms with van der Waals surface area (Å²) in [6.07, 6.45) is 0.292. The van der Waals surface area contributed by atoms with Gasteiger partial charge in [-0.15, -0.1) is 12.4 Å². The Hall–Kier alpha value is -1.59. The van der Waals surface area contributed by atoms with Crippen molar-refractivity contribution in [2.75, 3.05) is 25.0 Å². The Labute approximate surface area is 125 Å². The van der Waals surface area contributed by atoms with Gasteiger partial charge in [0.15, 0.2) is 0 Å². The van der Waals surface area contributed by atoms with Crippen molar-refractivity contribution in [2.24, 2.45) is 5.73 Å². The molecule has 0 saturated carbocycles. The van der Waals surface area contributed by atoms with Crippen LogP contribution in [0.1, 0.15) is 30.6 Å². The van der Waals surface area contributed by atoms with Crippen LogP contribution in [-0.4, -0.2) is 36.3 Å². The van der Waals surface area contributed by atoms with Crippen LogP contribution >= 0.6 is 12.4 Å². The van der Waals surface area contributed by atoms with Crippen LogP contribution in [0.2, 0.25) is 0 Å². The summed E-state index contributed by atoms with van der Waals surface area (Å²) in [5.41, 5.74) is 6.60. The number of anilines is 1. The van der Waals surface area contributed by atoms with E-state index >= 15 is 0 Å². The second-order valence-electron chi connectivity index (χ2n) is 4.14. The number of rotatable bonds is 6. The number of hydrogen-bond acceptors (Lipinski definition) is 3. The summed E-state index contributed by atoms with van der Waals surface area (Å²) in [6, 6.07) is 6.90. The second kappa shape index (κ2) is 9.34. The molecule has 0 aromatic heterocycles. The van der Waals surface area contributed by atoms with E-state index in [1.54, 1.807) is 29.2 Å². The minimum Gasteiger partial charge on any atom is -0.339 e. The first kappa shape index (κ1) is 18.4. The Kier molecular flexibility index (Phi) is 8.59. The minimum atomic E-state index is -0.120. The first-order valence-corrected chi connectivity index (χ1v) is 6.51. The van der Waals surface area contributed by atoms with Crippen molar-refractivity contribution in [3.05, 3.63) is 29.8 Å². The van der Waals surface area contributed by atoms with Crippen molar-refractivity contribution in [3.63, 3.8) is 0 Å². The molecule has 112 valence electrons. The molecule has 0 radical (unpaired) electrons. The molecule has 0 heterocycles. The van der Waals surface area contributed by atoms with Crippen molar-refractivity contribution in [3.8, 4) is 0 Å². The van der Waals surface area contributed by atoms with Crippen LogP contribution in [0.25, 0.3) is 0 Å². The maximum Gasteiger partial charge on any atom is 0.253 e. The van der Waals surface area contributed by atoms with Gasteiger partial charge in [-0.2, -0.15) is 0 Å². The number of halogens is 1. The molecule has 20 heavy (non-hydrogen) atoms. The van der Waals surface area contributed by atoms with E-state index in [9.17, 15) is 9.59 Å². The van der Waals surface area contributed by atoms with Gasteiger partial charge in [-0.3, -0.25) is 9.59 Å². The topological polar surface area (TPSA) is 75.4 Å². The molecular weight excluding hydrogens is 278 g/mol. The number of carbonyl (C=O) groups is 2. The van der Waals surface area contributed by atoms with Crippen molar-refractivity contribution in [1.82, 2.24) is 4.90 Å². The summed E-state index contributed by atoms with van der Waals surface area (Å²) in [6.45, 7) is 5.59. The molecule has 1 rings (SSSR count). The molecule has 0 saturated heterocycles. The van der Waals surface area contributed by atoms with E-state index in [-0.39, 0.29) is 24.2 Å². The number of hydrogen-bond donors (Lipinski definition) is 2. The smallest absolute Gasteiger partial charge is 0.253 e. The van der Waals surface area contributed by atoms with Gasteiger partial charge in [-0.25, -0.2) is 0 Å². The molecule has 0 atom stereocenters. The largest absolute Gasteiger partial charge is 0.339 e. The summed E-state index contributed by atoms with van der Waals surface area (Å²) in [5.74, 6) is -0.116. The fraction of sp³-hybridized carbons (Fsp3) is 0.429. The first-order chi connectivity index (χ1) is 9.12. The molecule has 0 spiro atoms. The van der Waals surface area contributed by atoms with Crippen molar-refractivity contribution < 1.29 is 9.59 Å². The molecule has 1 aromatic rings. The Morgan fingerprint density at radius 2 is 1.70 bits per heavy atom. The zero-order valence-corrected chi connectivity index (χ0v) is 12.7. The molecule has 0 bridgehead atoms. The monoisotopic (exact) mass is 299 g/mol. The number of nitrogens with zero attached hydrogens (tertiary/aromatic N) is 1. The highest BCUT2D eigenvalue weighted by Crippen LogP contribution is 2.12. The van der Waals surface area contributed by atoms with Crippen LogP contribution in [0.5, 0.6) is 0 Å². The quantitative estimate of drug-likeness (QED) is 0.842. The number of amides is 2. The van der Waals surface area contributed by atoms with Crippen LogP contribution in [-0.2, 0) is 4.79 Å². The zero-order chi connectivity index (χ0) is 14.3. The first-order valence-electron chi connectivity index (χ1n) is 6.51. The maximum absolute atomic E-state index is 12.1. The highest BCUT2D eigenvalue weighted by atomic mass is 35.5. The van der Waals surface area contributed by atoms with Crippen LogP contribution in [0, 0.1) is 0 Å². The van der Waals surface area contributed by atoms with E-state index in [4.69, 9.17) is 5.73 Å². The Morgan fingerprint density at radius 3 is 2.15 bits per heavy atom. The minimum absolute atomic E-state index is 0.